The molecule has 10 nitrogen and oxygen atoms in total. The van der Waals surface area contributed by atoms with E-state index < -0.39 is 22.0 Å². The van der Waals surface area contributed by atoms with E-state index in [0.717, 1.165) is 9.37 Å². The average Bonchev–Trinajstić information content (AvgIpc) is 3.54. The summed E-state index contributed by atoms with van der Waals surface area (Å²) >= 11 is 5.91. The molecule has 0 aliphatic carbocycles. The Morgan fingerprint density at radius 1 is 0.936 bits per heavy atom. The van der Waals surface area contributed by atoms with Gasteiger partial charge >= 0.3 is 0 Å². The van der Waals surface area contributed by atoms with Gasteiger partial charge < -0.3 is 16.0 Å². The molecule has 3 amide bonds. The number of thioether (sulfide) groups is 1. The fourth-order valence-electron chi connectivity index (χ4n) is 4.22. The molecular weight excluding hydrogens is 702 g/mol. The largest absolute Gasteiger partial charge is 0.321 e. The predicted molar refractivity (Wildman–Crippen MR) is 189 cm³/mol. The fraction of sp³-hybridized carbons (Fsp3) is 0.0588. The molecule has 5 aromatic rings. The molecule has 1 heterocycles. The Labute approximate surface area is 286 Å². The minimum absolute atomic E-state index is 0.0432. The average molecular weight is 729 g/mol. The van der Waals surface area contributed by atoms with Crippen molar-refractivity contribution >= 4 is 79.3 Å². The Kier molecular flexibility index (Phi) is 10.9. The third-order valence-electron chi connectivity index (χ3n) is 6.57. The number of non-ortho nitro benzene ring substituents is 1. The van der Waals surface area contributed by atoms with Crippen LogP contribution in [-0.2, 0) is 9.59 Å². The molecule has 1 unspecified atom stereocenters. The number of aromatic nitrogens is 1. The van der Waals surface area contributed by atoms with E-state index in [9.17, 15) is 24.5 Å². The van der Waals surface area contributed by atoms with Crippen molar-refractivity contribution in [3.05, 3.63) is 140 Å². The Morgan fingerprint density at radius 3 is 2.43 bits per heavy atom. The van der Waals surface area contributed by atoms with Gasteiger partial charge in [-0.1, -0.05) is 64.5 Å². The van der Waals surface area contributed by atoms with Crippen molar-refractivity contribution in [1.82, 2.24) is 10.3 Å². The number of thiazole rings is 1. The molecule has 0 aliphatic heterocycles. The van der Waals surface area contributed by atoms with Crippen molar-refractivity contribution in [2.45, 2.75) is 17.1 Å². The second kappa shape index (κ2) is 15.5. The number of benzene rings is 4. The van der Waals surface area contributed by atoms with Crippen LogP contribution in [-0.4, -0.2) is 32.9 Å². The lowest BCUT2D eigenvalue weighted by atomic mass is 10.1. The molecule has 0 saturated carbocycles. The number of amides is 3. The molecule has 236 valence electrons. The fourth-order valence-corrected chi connectivity index (χ4v) is 6.13. The summed E-state index contributed by atoms with van der Waals surface area (Å²) in [7, 11) is 0. The molecule has 5 rings (SSSR count). The Balaban J connectivity index is 1.24. The highest BCUT2D eigenvalue weighted by atomic mass is 79.9. The summed E-state index contributed by atoms with van der Waals surface area (Å²) in [6.07, 6.45) is 1.59. The monoisotopic (exact) mass is 727 g/mol. The van der Waals surface area contributed by atoms with Crippen LogP contribution < -0.4 is 16.0 Å². The van der Waals surface area contributed by atoms with Gasteiger partial charge in [0.15, 0.2) is 5.13 Å². The zero-order valence-corrected chi connectivity index (χ0v) is 27.9. The van der Waals surface area contributed by atoms with E-state index in [-0.39, 0.29) is 17.3 Å². The summed E-state index contributed by atoms with van der Waals surface area (Å²) in [6.45, 7) is 1.75. The molecule has 0 radical (unpaired) electrons. The van der Waals surface area contributed by atoms with E-state index in [4.69, 9.17) is 0 Å². The lowest BCUT2D eigenvalue weighted by Gasteiger charge is -2.13. The van der Waals surface area contributed by atoms with Crippen molar-refractivity contribution in [3.63, 3.8) is 0 Å². The van der Waals surface area contributed by atoms with Gasteiger partial charge in [0, 0.05) is 43.7 Å². The van der Waals surface area contributed by atoms with Crippen LogP contribution in [0.5, 0.6) is 0 Å². The van der Waals surface area contributed by atoms with E-state index in [1.165, 1.54) is 35.2 Å². The number of nitrogens with one attached hydrogen (secondary N) is 3. The van der Waals surface area contributed by atoms with Crippen molar-refractivity contribution in [2.24, 2.45) is 0 Å². The standard InChI is InChI=1S/C34H26BrN5O5S2/c1-21(31(41)39-34-38-30(20-46-34)24-9-5-11-27(18-24)40(44)45)47-28-12-6-10-26(19-28)36-33(43)29(17-22-13-15-25(35)16-14-22)37-32(42)23-7-3-2-4-8-23/h2-21H,1H3,(H,36,43)(H,37,42)(H,38,39,41)/b29-17-. The number of carbonyl (C=O) groups is 3. The normalized spacial score (nSPS) is 11.7. The van der Waals surface area contributed by atoms with Gasteiger partial charge in [0.1, 0.15) is 5.70 Å². The first-order chi connectivity index (χ1) is 22.6. The highest BCUT2D eigenvalue weighted by molar-refractivity contribution is 9.10. The topological polar surface area (TPSA) is 143 Å². The van der Waals surface area contributed by atoms with E-state index in [0.29, 0.717) is 33.2 Å². The minimum atomic E-state index is -0.524. The predicted octanol–water partition coefficient (Wildman–Crippen LogP) is 8.01. The SMILES string of the molecule is CC(Sc1cccc(NC(=O)/C(=C/c2ccc(Br)cc2)NC(=O)c2ccccc2)c1)C(=O)Nc1nc(-c2cccc([N+](=O)[O-])c2)cs1. The number of nitro benzene ring substituents is 1. The smallest absolute Gasteiger partial charge is 0.272 e. The second-order valence-electron chi connectivity index (χ2n) is 10.0. The van der Waals surface area contributed by atoms with Crippen molar-refractivity contribution in [3.8, 4) is 11.3 Å². The summed E-state index contributed by atoms with van der Waals surface area (Å²) in [5, 5.41) is 21.1. The van der Waals surface area contributed by atoms with Crippen LogP contribution in [0, 0.1) is 10.1 Å². The summed E-state index contributed by atoms with van der Waals surface area (Å²) in [5.41, 5.74) is 2.71. The summed E-state index contributed by atoms with van der Waals surface area (Å²) in [6, 6.07) is 29.1. The highest BCUT2D eigenvalue weighted by Gasteiger charge is 2.19. The maximum Gasteiger partial charge on any atom is 0.272 e. The first-order valence-corrected chi connectivity index (χ1v) is 16.6. The molecule has 0 saturated heterocycles. The van der Waals surface area contributed by atoms with Gasteiger partial charge in [-0.25, -0.2) is 4.98 Å². The van der Waals surface area contributed by atoms with Crippen LogP contribution in [0.3, 0.4) is 0 Å². The number of hydrogen-bond acceptors (Lipinski definition) is 8. The number of anilines is 2. The Morgan fingerprint density at radius 2 is 1.68 bits per heavy atom. The lowest BCUT2D eigenvalue weighted by Crippen LogP contribution is -2.30. The van der Waals surface area contributed by atoms with Crippen molar-refractivity contribution in [1.29, 1.82) is 0 Å². The van der Waals surface area contributed by atoms with Gasteiger partial charge in [-0.05, 0) is 61.0 Å². The number of nitrogens with zero attached hydrogens (tertiary/aromatic N) is 2. The van der Waals surface area contributed by atoms with Crippen LogP contribution in [0.25, 0.3) is 17.3 Å². The van der Waals surface area contributed by atoms with Crippen molar-refractivity contribution < 1.29 is 19.3 Å². The van der Waals surface area contributed by atoms with Gasteiger partial charge in [0.05, 0.1) is 15.9 Å². The minimum Gasteiger partial charge on any atom is -0.321 e. The van der Waals surface area contributed by atoms with E-state index in [1.807, 2.05) is 30.3 Å². The van der Waals surface area contributed by atoms with Gasteiger partial charge in [-0.15, -0.1) is 23.1 Å². The first-order valence-electron chi connectivity index (χ1n) is 14.1. The van der Waals surface area contributed by atoms with Gasteiger partial charge in [-0.2, -0.15) is 0 Å². The van der Waals surface area contributed by atoms with Crippen LogP contribution in [0.4, 0.5) is 16.5 Å². The maximum absolute atomic E-state index is 13.4. The molecule has 1 atom stereocenters. The lowest BCUT2D eigenvalue weighted by molar-refractivity contribution is -0.384. The zero-order valence-electron chi connectivity index (χ0n) is 24.7. The number of halogens is 1. The third kappa shape index (κ3) is 9.22. The Bertz CT molecular complexity index is 1970. The molecule has 13 heteroatoms. The molecule has 1 aromatic heterocycles. The second-order valence-corrected chi connectivity index (χ2v) is 13.2. The molecular formula is C34H26BrN5O5S2. The zero-order chi connectivity index (χ0) is 33.3. The van der Waals surface area contributed by atoms with Gasteiger partial charge in [0.2, 0.25) is 5.91 Å². The third-order valence-corrected chi connectivity index (χ3v) is 8.95. The van der Waals surface area contributed by atoms with Crippen LogP contribution in [0.1, 0.15) is 22.8 Å². The van der Waals surface area contributed by atoms with Crippen LogP contribution in [0.2, 0.25) is 0 Å². The van der Waals surface area contributed by atoms with E-state index in [1.54, 1.807) is 79.0 Å². The van der Waals surface area contributed by atoms with Gasteiger partial charge in [-0.3, -0.25) is 24.5 Å². The van der Waals surface area contributed by atoms with Gasteiger partial charge in [0.25, 0.3) is 17.5 Å². The van der Waals surface area contributed by atoms with Crippen molar-refractivity contribution in [2.75, 3.05) is 10.6 Å². The maximum atomic E-state index is 13.4. The first kappa shape index (κ1) is 33.3. The summed E-state index contributed by atoms with van der Waals surface area (Å²) in [4.78, 5) is 55.2. The molecule has 3 N–H and O–H groups in total. The number of nitro groups is 1. The Hall–Kier alpha value is -5.11. The number of rotatable bonds is 11. The molecule has 0 spiro atoms. The van der Waals surface area contributed by atoms with E-state index >= 15 is 0 Å². The number of carbonyl (C=O) groups excluding carboxylic acids is 3. The molecule has 0 bridgehead atoms. The van der Waals surface area contributed by atoms with E-state index in [2.05, 4.69) is 36.9 Å². The molecule has 0 fully saturated rings. The molecule has 47 heavy (non-hydrogen) atoms. The number of hydrogen-bond donors (Lipinski definition) is 3. The van der Waals surface area contributed by atoms with Crippen LogP contribution in [0.15, 0.2) is 124 Å². The van der Waals surface area contributed by atoms with Crippen LogP contribution >= 0.6 is 39.0 Å². The highest BCUT2D eigenvalue weighted by Crippen LogP contribution is 2.30. The molecule has 0 aliphatic rings. The summed E-state index contributed by atoms with van der Waals surface area (Å²) in [5.74, 6) is -1.23. The summed E-state index contributed by atoms with van der Waals surface area (Å²) < 4.78 is 0.878. The quantitative estimate of drug-likeness (QED) is 0.0541. The molecule has 4 aromatic carbocycles.